The molecule has 0 aliphatic carbocycles. The Morgan fingerprint density at radius 2 is 1.71 bits per heavy atom. The maximum Gasteiger partial charge on any atom is 0.342 e. The van der Waals surface area contributed by atoms with Crippen molar-refractivity contribution >= 4 is 17.6 Å². The van der Waals surface area contributed by atoms with Crippen molar-refractivity contribution in [3.8, 4) is 11.5 Å². The van der Waals surface area contributed by atoms with Gasteiger partial charge in [0, 0.05) is 11.8 Å². The number of amides is 1. The Kier molecular flexibility index (Phi) is 5.78. The molecule has 1 amide bonds. The number of ether oxygens (including phenoxy) is 3. The van der Waals surface area contributed by atoms with Gasteiger partial charge in [-0.25, -0.2) is 4.79 Å². The smallest absolute Gasteiger partial charge is 0.342 e. The molecular formula is C18H19NO5. The molecule has 0 aliphatic rings. The minimum absolute atomic E-state index is 0.224. The van der Waals surface area contributed by atoms with Gasteiger partial charge in [-0.15, -0.1) is 0 Å². The minimum Gasteiger partial charge on any atom is -0.497 e. The minimum atomic E-state index is -0.645. The van der Waals surface area contributed by atoms with Gasteiger partial charge >= 0.3 is 5.97 Å². The Morgan fingerprint density at radius 1 is 1.00 bits per heavy atom. The van der Waals surface area contributed by atoms with Crippen molar-refractivity contribution in [2.45, 2.75) is 6.92 Å². The average Bonchev–Trinajstić information content (AvgIpc) is 2.61. The maximum absolute atomic E-state index is 12.1. The Labute approximate surface area is 140 Å². The maximum atomic E-state index is 12.1. The van der Waals surface area contributed by atoms with Gasteiger partial charge in [0.2, 0.25) is 0 Å². The molecule has 0 unspecified atom stereocenters. The molecule has 2 aromatic carbocycles. The molecule has 126 valence electrons. The summed E-state index contributed by atoms with van der Waals surface area (Å²) < 4.78 is 15.2. The standard InChI is InChI=1S/C18H19NO5/c1-12-4-6-13(7-5-12)19-17(20)11-24-18(21)15-9-8-14(22-2)10-16(15)23-3/h4-10H,11H2,1-3H3,(H,19,20). The first-order valence-electron chi connectivity index (χ1n) is 7.29. The van der Waals surface area contributed by atoms with Gasteiger partial charge in [-0.1, -0.05) is 17.7 Å². The van der Waals surface area contributed by atoms with E-state index in [1.807, 2.05) is 19.1 Å². The molecule has 0 heterocycles. The molecule has 0 radical (unpaired) electrons. The van der Waals surface area contributed by atoms with Crippen LogP contribution < -0.4 is 14.8 Å². The predicted molar refractivity (Wildman–Crippen MR) is 89.6 cm³/mol. The fourth-order valence-corrected chi connectivity index (χ4v) is 2.01. The SMILES string of the molecule is COc1ccc(C(=O)OCC(=O)Nc2ccc(C)cc2)c(OC)c1. The van der Waals surface area contributed by atoms with Crippen LogP contribution >= 0.6 is 0 Å². The van der Waals surface area contributed by atoms with Crippen molar-refractivity contribution < 1.29 is 23.8 Å². The van der Waals surface area contributed by atoms with Gasteiger partial charge in [-0.3, -0.25) is 4.79 Å². The summed E-state index contributed by atoms with van der Waals surface area (Å²) >= 11 is 0. The van der Waals surface area contributed by atoms with Crippen LogP contribution in [0.25, 0.3) is 0 Å². The summed E-state index contributed by atoms with van der Waals surface area (Å²) in [5.41, 5.74) is 1.95. The third kappa shape index (κ3) is 4.49. The first-order valence-corrected chi connectivity index (χ1v) is 7.29. The van der Waals surface area contributed by atoms with E-state index in [9.17, 15) is 9.59 Å². The fraction of sp³-hybridized carbons (Fsp3) is 0.222. The second kappa shape index (κ2) is 8.01. The number of hydrogen-bond acceptors (Lipinski definition) is 5. The number of methoxy groups -OCH3 is 2. The quantitative estimate of drug-likeness (QED) is 0.825. The number of esters is 1. The second-order valence-electron chi connectivity index (χ2n) is 5.06. The molecule has 2 aromatic rings. The zero-order valence-electron chi connectivity index (χ0n) is 13.8. The summed E-state index contributed by atoms with van der Waals surface area (Å²) in [5.74, 6) is -0.188. The fourth-order valence-electron chi connectivity index (χ4n) is 2.01. The van der Waals surface area contributed by atoms with Crippen molar-refractivity contribution in [3.05, 3.63) is 53.6 Å². The summed E-state index contributed by atoms with van der Waals surface area (Å²) in [6.07, 6.45) is 0. The highest BCUT2D eigenvalue weighted by Gasteiger charge is 2.16. The summed E-state index contributed by atoms with van der Waals surface area (Å²) in [6, 6.07) is 12.0. The number of aryl methyl sites for hydroxylation is 1. The number of benzene rings is 2. The third-order valence-electron chi connectivity index (χ3n) is 3.30. The molecule has 0 spiro atoms. The lowest BCUT2D eigenvalue weighted by Crippen LogP contribution is -2.21. The van der Waals surface area contributed by atoms with Crippen LogP contribution in [0.5, 0.6) is 11.5 Å². The molecular weight excluding hydrogens is 310 g/mol. The van der Waals surface area contributed by atoms with Crippen LogP contribution in [0.1, 0.15) is 15.9 Å². The predicted octanol–water partition coefficient (Wildman–Crippen LogP) is 2.81. The first kappa shape index (κ1) is 17.3. The van der Waals surface area contributed by atoms with Gasteiger partial charge in [0.15, 0.2) is 6.61 Å². The van der Waals surface area contributed by atoms with E-state index < -0.39 is 11.9 Å². The monoisotopic (exact) mass is 329 g/mol. The summed E-state index contributed by atoms with van der Waals surface area (Å²) in [4.78, 5) is 24.0. The number of nitrogens with one attached hydrogen (secondary N) is 1. The van der Waals surface area contributed by atoms with Crippen molar-refractivity contribution in [2.75, 3.05) is 26.1 Å². The lowest BCUT2D eigenvalue weighted by molar-refractivity contribution is -0.119. The van der Waals surface area contributed by atoms with Crippen LogP contribution in [-0.2, 0) is 9.53 Å². The number of hydrogen-bond donors (Lipinski definition) is 1. The Balaban J connectivity index is 1.95. The van der Waals surface area contributed by atoms with E-state index in [-0.39, 0.29) is 12.2 Å². The zero-order chi connectivity index (χ0) is 17.5. The van der Waals surface area contributed by atoms with E-state index in [1.165, 1.54) is 20.3 Å². The lowest BCUT2D eigenvalue weighted by atomic mass is 10.2. The topological polar surface area (TPSA) is 73.9 Å². The van der Waals surface area contributed by atoms with Gasteiger partial charge in [0.1, 0.15) is 17.1 Å². The molecule has 0 saturated carbocycles. The van der Waals surface area contributed by atoms with E-state index in [0.717, 1.165) is 5.56 Å². The van der Waals surface area contributed by atoms with Crippen LogP contribution in [0, 0.1) is 6.92 Å². The van der Waals surface area contributed by atoms with Crippen LogP contribution in [-0.4, -0.2) is 32.7 Å². The number of carbonyl (C=O) groups is 2. The summed E-state index contributed by atoms with van der Waals surface area (Å²) in [7, 11) is 2.96. The van der Waals surface area contributed by atoms with Crippen molar-refractivity contribution in [1.29, 1.82) is 0 Å². The second-order valence-corrected chi connectivity index (χ2v) is 5.06. The largest absolute Gasteiger partial charge is 0.497 e. The first-order chi connectivity index (χ1) is 11.5. The molecule has 0 fully saturated rings. The van der Waals surface area contributed by atoms with Crippen LogP contribution in [0.15, 0.2) is 42.5 Å². The molecule has 6 heteroatoms. The number of carbonyl (C=O) groups excluding carboxylic acids is 2. The molecule has 1 N–H and O–H groups in total. The molecule has 0 bridgehead atoms. The van der Waals surface area contributed by atoms with E-state index in [0.29, 0.717) is 17.2 Å². The molecule has 0 saturated heterocycles. The molecule has 6 nitrogen and oxygen atoms in total. The van der Waals surface area contributed by atoms with E-state index in [2.05, 4.69) is 5.32 Å². The lowest BCUT2D eigenvalue weighted by Gasteiger charge is -2.10. The van der Waals surface area contributed by atoms with Crippen molar-refractivity contribution in [2.24, 2.45) is 0 Å². The van der Waals surface area contributed by atoms with Crippen LogP contribution in [0.3, 0.4) is 0 Å². The average molecular weight is 329 g/mol. The molecule has 0 aliphatic heterocycles. The molecule has 0 atom stereocenters. The number of rotatable bonds is 6. The Hall–Kier alpha value is -3.02. The van der Waals surface area contributed by atoms with E-state index >= 15 is 0 Å². The Morgan fingerprint density at radius 3 is 2.33 bits per heavy atom. The normalized spacial score (nSPS) is 9.96. The summed E-state index contributed by atoms with van der Waals surface area (Å²) in [5, 5.41) is 2.66. The van der Waals surface area contributed by atoms with Gasteiger partial charge in [0.25, 0.3) is 5.91 Å². The highest BCUT2D eigenvalue weighted by Crippen LogP contribution is 2.25. The molecule has 24 heavy (non-hydrogen) atoms. The van der Waals surface area contributed by atoms with Crippen molar-refractivity contribution in [1.82, 2.24) is 0 Å². The molecule has 2 rings (SSSR count). The van der Waals surface area contributed by atoms with Gasteiger partial charge in [-0.2, -0.15) is 0 Å². The zero-order valence-corrected chi connectivity index (χ0v) is 13.8. The highest BCUT2D eigenvalue weighted by atomic mass is 16.5. The van der Waals surface area contributed by atoms with Crippen LogP contribution in [0.4, 0.5) is 5.69 Å². The van der Waals surface area contributed by atoms with Crippen molar-refractivity contribution in [3.63, 3.8) is 0 Å². The van der Waals surface area contributed by atoms with Gasteiger partial charge in [-0.05, 0) is 31.2 Å². The number of anilines is 1. The molecule has 0 aromatic heterocycles. The van der Waals surface area contributed by atoms with Crippen LogP contribution in [0.2, 0.25) is 0 Å². The van der Waals surface area contributed by atoms with E-state index in [1.54, 1.807) is 24.3 Å². The third-order valence-corrected chi connectivity index (χ3v) is 3.30. The van der Waals surface area contributed by atoms with E-state index in [4.69, 9.17) is 14.2 Å². The van der Waals surface area contributed by atoms with Gasteiger partial charge < -0.3 is 19.5 Å². The van der Waals surface area contributed by atoms with Gasteiger partial charge in [0.05, 0.1) is 14.2 Å². The highest BCUT2D eigenvalue weighted by molar-refractivity contribution is 5.96. The Bertz CT molecular complexity index is 725. The summed E-state index contributed by atoms with van der Waals surface area (Å²) in [6.45, 7) is 1.57.